The standard InChI is InChI=1S/C21H27N3O.HI/c1-2-22-20(23-14-11-17-7-6-10-19(25)15-17)24-16-21(12-13-21)18-8-4-3-5-9-18;/h3-10,15,25H,2,11-14,16H2,1H3,(H2,22,23,24);1H. The monoisotopic (exact) mass is 465 g/mol. The van der Waals surface area contributed by atoms with Crippen molar-refractivity contribution in [1.82, 2.24) is 10.6 Å². The fraction of sp³-hybridized carbons (Fsp3) is 0.381. The maximum atomic E-state index is 9.54. The highest BCUT2D eigenvalue weighted by Gasteiger charge is 2.43. The summed E-state index contributed by atoms with van der Waals surface area (Å²) in [7, 11) is 0. The van der Waals surface area contributed by atoms with Gasteiger partial charge >= 0.3 is 0 Å². The quantitative estimate of drug-likeness (QED) is 0.331. The Bertz CT molecular complexity index is 714. The van der Waals surface area contributed by atoms with Crippen LogP contribution in [0.25, 0.3) is 0 Å². The Morgan fingerprint density at radius 2 is 1.85 bits per heavy atom. The summed E-state index contributed by atoms with van der Waals surface area (Å²) >= 11 is 0. The number of halogens is 1. The van der Waals surface area contributed by atoms with E-state index in [-0.39, 0.29) is 29.4 Å². The van der Waals surface area contributed by atoms with Crippen LogP contribution in [0.1, 0.15) is 30.9 Å². The van der Waals surface area contributed by atoms with Crippen molar-refractivity contribution in [1.29, 1.82) is 0 Å². The van der Waals surface area contributed by atoms with Gasteiger partial charge in [0.2, 0.25) is 0 Å². The zero-order valence-corrected chi connectivity index (χ0v) is 17.6. The topological polar surface area (TPSA) is 56.7 Å². The Kier molecular flexibility index (Phi) is 7.75. The highest BCUT2D eigenvalue weighted by atomic mass is 127. The average molecular weight is 465 g/mol. The fourth-order valence-electron chi connectivity index (χ4n) is 3.09. The van der Waals surface area contributed by atoms with Crippen LogP contribution in [0.3, 0.4) is 0 Å². The highest BCUT2D eigenvalue weighted by Crippen LogP contribution is 2.48. The Balaban J connectivity index is 0.00000243. The first-order valence-electron chi connectivity index (χ1n) is 9.07. The van der Waals surface area contributed by atoms with Gasteiger partial charge < -0.3 is 15.7 Å². The van der Waals surface area contributed by atoms with Gasteiger partial charge in [-0.3, -0.25) is 4.99 Å². The first-order valence-corrected chi connectivity index (χ1v) is 9.07. The van der Waals surface area contributed by atoms with E-state index in [1.165, 1.54) is 18.4 Å². The lowest BCUT2D eigenvalue weighted by Gasteiger charge is -2.16. The normalized spacial score (nSPS) is 15.0. The van der Waals surface area contributed by atoms with Gasteiger partial charge in [-0.1, -0.05) is 42.5 Å². The van der Waals surface area contributed by atoms with E-state index in [1.807, 2.05) is 12.1 Å². The number of phenolic OH excluding ortho intramolecular Hbond substituents is 1. The minimum Gasteiger partial charge on any atom is -0.508 e. The van der Waals surface area contributed by atoms with E-state index in [9.17, 15) is 5.11 Å². The van der Waals surface area contributed by atoms with Crippen LogP contribution in [0.2, 0.25) is 0 Å². The van der Waals surface area contributed by atoms with E-state index < -0.39 is 0 Å². The second-order valence-corrected chi connectivity index (χ2v) is 6.69. The number of guanidine groups is 1. The van der Waals surface area contributed by atoms with Crippen molar-refractivity contribution in [3.8, 4) is 5.75 Å². The van der Waals surface area contributed by atoms with Crippen LogP contribution < -0.4 is 10.6 Å². The average Bonchev–Trinajstić information content (AvgIpc) is 3.42. The van der Waals surface area contributed by atoms with E-state index in [2.05, 4.69) is 47.9 Å². The lowest BCUT2D eigenvalue weighted by molar-refractivity contribution is 0.474. The lowest BCUT2D eigenvalue weighted by Crippen LogP contribution is -2.39. The third-order valence-electron chi connectivity index (χ3n) is 4.74. The van der Waals surface area contributed by atoms with E-state index in [0.29, 0.717) is 5.75 Å². The lowest BCUT2D eigenvalue weighted by atomic mass is 9.96. The summed E-state index contributed by atoms with van der Waals surface area (Å²) in [4.78, 5) is 4.82. The molecular formula is C21H28IN3O. The first kappa shape index (κ1) is 20.6. The molecule has 2 aromatic carbocycles. The zero-order valence-electron chi connectivity index (χ0n) is 15.2. The molecule has 26 heavy (non-hydrogen) atoms. The fourth-order valence-corrected chi connectivity index (χ4v) is 3.09. The number of nitrogens with one attached hydrogen (secondary N) is 2. The van der Waals surface area contributed by atoms with E-state index in [4.69, 9.17) is 4.99 Å². The van der Waals surface area contributed by atoms with E-state index >= 15 is 0 Å². The Morgan fingerprint density at radius 3 is 2.50 bits per heavy atom. The molecule has 5 heteroatoms. The van der Waals surface area contributed by atoms with Crippen LogP contribution >= 0.6 is 24.0 Å². The number of phenols is 1. The highest BCUT2D eigenvalue weighted by molar-refractivity contribution is 14.0. The summed E-state index contributed by atoms with van der Waals surface area (Å²) in [5.41, 5.74) is 2.75. The van der Waals surface area contributed by atoms with Gasteiger partial charge in [0.05, 0.1) is 6.54 Å². The van der Waals surface area contributed by atoms with Crippen molar-refractivity contribution in [2.75, 3.05) is 19.6 Å². The van der Waals surface area contributed by atoms with Crippen molar-refractivity contribution in [2.45, 2.75) is 31.6 Å². The van der Waals surface area contributed by atoms with Gasteiger partial charge in [0.1, 0.15) is 5.75 Å². The van der Waals surface area contributed by atoms with Gasteiger partial charge in [-0.25, -0.2) is 0 Å². The molecule has 3 rings (SSSR count). The zero-order chi connectivity index (χ0) is 17.5. The molecule has 140 valence electrons. The molecule has 0 aromatic heterocycles. The largest absolute Gasteiger partial charge is 0.508 e. The van der Waals surface area contributed by atoms with Gasteiger partial charge in [-0.05, 0) is 49.4 Å². The molecule has 0 saturated heterocycles. The summed E-state index contributed by atoms with van der Waals surface area (Å²) in [6.45, 7) is 4.53. The Hall–Kier alpha value is -1.76. The van der Waals surface area contributed by atoms with Crippen molar-refractivity contribution < 1.29 is 5.11 Å². The maximum Gasteiger partial charge on any atom is 0.191 e. The third kappa shape index (κ3) is 5.62. The summed E-state index contributed by atoms with van der Waals surface area (Å²) in [6.07, 6.45) is 3.27. The van der Waals surface area contributed by atoms with Gasteiger partial charge in [0, 0.05) is 18.5 Å². The van der Waals surface area contributed by atoms with Crippen molar-refractivity contribution in [3.05, 3.63) is 65.7 Å². The predicted octanol–water partition coefficient (Wildman–Crippen LogP) is 3.84. The molecule has 0 unspecified atom stereocenters. The number of hydrogen-bond donors (Lipinski definition) is 3. The van der Waals surface area contributed by atoms with Crippen LogP contribution in [-0.2, 0) is 11.8 Å². The molecular weight excluding hydrogens is 437 g/mol. The molecule has 2 aromatic rings. The molecule has 0 bridgehead atoms. The van der Waals surface area contributed by atoms with E-state index in [0.717, 1.165) is 37.6 Å². The number of nitrogens with zero attached hydrogens (tertiary/aromatic N) is 1. The number of benzene rings is 2. The smallest absolute Gasteiger partial charge is 0.191 e. The molecule has 4 nitrogen and oxygen atoms in total. The number of hydrogen-bond acceptors (Lipinski definition) is 2. The van der Waals surface area contributed by atoms with Gasteiger partial charge in [0.25, 0.3) is 0 Å². The predicted molar refractivity (Wildman–Crippen MR) is 119 cm³/mol. The van der Waals surface area contributed by atoms with Crippen molar-refractivity contribution in [2.24, 2.45) is 4.99 Å². The van der Waals surface area contributed by atoms with E-state index in [1.54, 1.807) is 12.1 Å². The molecule has 1 saturated carbocycles. The van der Waals surface area contributed by atoms with Gasteiger partial charge in [-0.15, -0.1) is 24.0 Å². The summed E-state index contributed by atoms with van der Waals surface area (Å²) in [5.74, 6) is 1.18. The minimum atomic E-state index is 0. The molecule has 1 fully saturated rings. The number of rotatable bonds is 7. The molecule has 0 atom stereocenters. The first-order chi connectivity index (χ1) is 12.2. The van der Waals surface area contributed by atoms with Gasteiger partial charge in [-0.2, -0.15) is 0 Å². The molecule has 0 radical (unpaired) electrons. The summed E-state index contributed by atoms with van der Waals surface area (Å²) in [6, 6.07) is 18.1. The Labute approximate surface area is 173 Å². The van der Waals surface area contributed by atoms with Crippen molar-refractivity contribution in [3.63, 3.8) is 0 Å². The molecule has 1 aliphatic carbocycles. The maximum absolute atomic E-state index is 9.54. The second-order valence-electron chi connectivity index (χ2n) is 6.69. The number of aliphatic imine (C=N–C) groups is 1. The molecule has 0 aliphatic heterocycles. The molecule has 3 N–H and O–H groups in total. The summed E-state index contributed by atoms with van der Waals surface area (Å²) < 4.78 is 0. The molecule has 0 amide bonds. The van der Waals surface area contributed by atoms with Crippen LogP contribution in [0.5, 0.6) is 5.75 Å². The molecule has 1 aliphatic rings. The molecule has 0 spiro atoms. The SMILES string of the molecule is CCNC(=NCC1(c2ccccc2)CC1)NCCc1cccc(O)c1.I. The van der Waals surface area contributed by atoms with Crippen LogP contribution in [0.4, 0.5) is 0 Å². The molecule has 0 heterocycles. The van der Waals surface area contributed by atoms with Crippen LogP contribution in [-0.4, -0.2) is 30.7 Å². The van der Waals surface area contributed by atoms with Gasteiger partial charge in [0.15, 0.2) is 5.96 Å². The summed E-state index contributed by atoms with van der Waals surface area (Å²) in [5, 5.41) is 16.3. The minimum absolute atomic E-state index is 0. The van der Waals surface area contributed by atoms with Crippen LogP contribution in [0, 0.1) is 0 Å². The number of aromatic hydroxyl groups is 1. The Morgan fingerprint density at radius 1 is 1.08 bits per heavy atom. The van der Waals surface area contributed by atoms with Crippen molar-refractivity contribution >= 4 is 29.9 Å². The third-order valence-corrected chi connectivity index (χ3v) is 4.74. The second kappa shape index (κ2) is 9.80. The van der Waals surface area contributed by atoms with Crippen LogP contribution in [0.15, 0.2) is 59.6 Å².